The van der Waals surface area contributed by atoms with Gasteiger partial charge in [0.05, 0.1) is 0 Å². The molecular formula is C15H30N2. The SMILES string of the molecule is CCCC1CCCCN1C(C)(CN)C1(C)CC1. The van der Waals surface area contributed by atoms with E-state index in [0.29, 0.717) is 5.41 Å². The molecule has 1 aliphatic heterocycles. The lowest BCUT2D eigenvalue weighted by Crippen LogP contribution is -2.61. The second kappa shape index (κ2) is 4.89. The Labute approximate surface area is 107 Å². The van der Waals surface area contributed by atoms with Gasteiger partial charge < -0.3 is 5.73 Å². The number of likely N-dealkylation sites (tertiary alicyclic amines) is 1. The summed E-state index contributed by atoms with van der Waals surface area (Å²) in [6.45, 7) is 9.27. The molecule has 0 spiro atoms. The molecule has 2 rings (SSSR count). The van der Waals surface area contributed by atoms with Crippen LogP contribution in [0.15, 0.2) is 0 Å². The number of hydrogen-bond donors (Lipinski definition) is 1. The summed E-state index contributed by atoms with van der Waals surface area (Å²) in [5.74, 6) is 0. The maximum atomic E-state index is 6.18. The average Bonchev–Trinajstić information content (AvgIpc) is 3.09. The van der Waals surface area contributed by atoms with Crippen LogP contribution in [0.1, 0.15) is 65.7 Å². The molecule has 0 aromatic carbocycles. The molecule has 0 aromatic heterocycles. The van der Waals surface area contributed by atoms with Crippen molar-refractivity contribution in [1.29, 1.82) is 0 Å². The fourth-order valence-corrected chi connectivity index (χ4v) is 3.72. The highest BCUT2D eigenvalue weighted by atomic mass is 15.3. The van der Waals surface area contributed by atoms with Crippen LogP contribution in [-0.4, -0.2) is 29.6 Å². The van der Waals surface area contributed by atoms with Crippen LogP contribution < -0.4 is 5.73 Å². The Bertz CT molecular complexity index is 258. The first-order valence-electron chi connectivity index (χ1n) is 7.54. The number of hydrogen-bond acceptors (Lipinski definition) is 2. The second-order valence-corrected chi connectivity index (χ2v) is 6.67. The number of nitrogens with two attached hydrogens (primary N) is 1. The lowest BCUT2D eigenvalue weighted by molar-refractivity contribution is -0.0139. The van der Waals surface area contributed by atoms with Crippen molar-refractivity contribution < 1.29 is 0 Å². The lowest BCUT2D eigenvalue weighted by Gasteiger charge is -2.51. The van der Waals surface area contributed by atoms with Crippen LogP contribution in [0.2, 0.25) is 0 Å². The zero-order valence-corrected chi connectivity index (χ0v) is 12.0. The summed E-state index contributed by atoms with van der Waals surface area (Å²) >= 11 is 0. The van der Waals surface area contributed by atoms with Gasteiger partial charge in [-0.1, -0.05) is 26.7 Å². The van der Waals surface area contributed by atoms with E-state index in [-0.39, 0.29) is 5.54 Å². The van der Waals surface area contributed by atoms with E-state index >= 15 is 0 Å². The molecule has 1 heterocycles. The molecule has 0 aromatic rings. The third-order valence-electron chi connectivity index (χ3n) is 5.58. The molecule has 17 heavy (non-hydrogen) atoms. The average molecular weight is 238 g/mol. The molecule has 1 saturated carbocycles. The standard InChI is InChI=1S/C15H30N2/c1-4-7-13-8-5-6-11-17(13)15(3,12-16)14(2)9-10-14/h13H,4-12,16H2,1-3H3. The van der Waals surface area contributed by atoms with Crippen LogP contribution in [-0.2, 0) is 0 Å². The monoisotopic (exact) mass is 238 g/mol. The molecule has 0 amide bonds. The molecule has 0 bridgehead atoms. The van der Waals surface area contributed by atoms with Gasteiger partial charge in [-0.25, -0.2) is 0 Å². The first-order valence-corrected chi connectivity index (χ1v) is 7.54. The molecule has 2 fully saturated rings. The van der Waals surface area contributed by atoms with Crippen LogP contribution in [0.3, 0.4) is 0 Å². The minimum Gasteiger partial charge on any atom is -0.329 e. The molecule has 0 radical (unpaired) electrons. The highest BCUT2D eigenvalue weighted by Gasteiger charge is 2.56. The third-order valence-corrected chi connectivity index (χ3v) is 5.58. The summed E-state index contributed by atoms with van der Waals surface area (Å²) in [6, 6.07) is 0.791. The van der Waals surface area contributed by atoms with E-state index in [4.69, 9.17) is 5.73 Å². The van der Waals surface area contributed by atoms with Gasteiger partial charge in [0.15, 0.2) is 0 Å². The third kappa shape index (κ3) is 2.26. The highest BCUT2D eigenvalue weighted by molar-refractivity contribution is 5.11. The van der Waals surface area contributed by atoms with Gasteiger partial charge in [-0.2, -0.15) is 0 Å². The topological polar surface area (TPSA) is 29.3 Å². The molecule has 2 aliphatic rings. The summed E-state index contributed by atoms with van der Waals surface area (Å²) < 4.78 is 0. The van der Waals surface area contributed by atoms with Gasteiger partial charge in [-0.05, 0) is 51.0 Å². The predicted octanol–water partition coefficient (Wildman–Crippen LogP) is 3.16. The van der Waals surface area contributed by atoms with E-state index in [2.05, 4.69) is 25.7 Å². The van der Waals surface area contributed by atoms with Gasteiger partial charge in [0, 0.05) is 18.1 Å². The van der Waals surface area contributed by atoms with Crippen molar-refractivity contribution in [2.45, 2.75) is 77.3 Å². The van der Waals surface area contributed by atoms with Gasteiger partial charge in [0.25, 0.3) is 0 Å². The lowest BCUT2D eigenvalue weighted by atomic mass is 9.79. The van der Waals surface area contributed by atoms with Gasteiger partial charge in [-0.3, -0.25) is 4.90 Å². The Morgan fingerprint density at radius 1 is 1.35 bits per heavy atom. The first kappa shape index (κ1) is 13.4. The Kier molecular flexibility index (Phi) is 3.84. The Morgan fingerprint density at radius 2 is 2.06 bits per heavy atom. The molecule has 2 nitrogen and oxygen atoms in total. The fourth-order valence-electron chi connectivity index (χ4n) is 3.72. The molecule has 1 aliphatic carbocycles. The maximum absolute atomic E-state index is 6.18. The van der Waals surface area contributed by atoms with E-state index in [1.807, 2.05) is 0 Å². The molecule has 2 unspecified atom stereocenters. The van der Waals surface area contributed by atoms with E-state index in [0.717, 1.165) is 12.6 Å². The molecule has 100 valence electrons. The van der Waals surface area contributed by atoms with E-state index in [1.54, 1.807) is 0 Å². The Morgan fingerprint density at radius 3 is 2.59 bits per heavy atom. The van der Waals surface area contributed by atoms with Crippen LogP contribution in [0.4, 0.5) is 0 Å². The summed E-state index contributed by atoms with van der Waals surface area (Å²) in [6.07, 6.45) is 9.57. The summed E-state index contributed by atoms with van der Waals surface area (Å²) in [5, 5.41) is 0. The second-order valence-electron chi connectivity index (χ2n) is 6.67. The minimum absolute atomic E-state index is 0.243. The van der Waals surface area contributed by atoms with Crippen molar-refractivity contribution in [2.75, 3.05) is 13.1 Å². The smallest absolute Gasteiger partial charge is 0.0359 e. The largest absolute Gasteiger partial charge is 0.329 e. The van der Waals surface area contributed by atoms with Crippen molar-refractivity contribution in [3.05, 3.63) is 0 Å². The van der Waals surface area contributed by atoms with E-state index in [9.17, 15) is 0 Å². The zero-order valence-electron chi connectivity index (χ0n) is 12.0. The predicted molar refractivity (Wildman–Crippen MR) is 74.1 cm³/mol. The van der Waals surface area contributed by atoms with E-state index < -0.39 is 0 Å². The van der Waals surface area contributed by atoms with Gasteiger partial charge >= 0.3 is 0 Å². The summed E-state index contributed by atoms with van der Waals surface area (Å²) in [4.78, 5) is 2.78. The molecular weight excluding hydrogens is 208 g/mol. The molecule has 2 heteroatoms. The molecule has 1 saturated heterocycles. The zero-order chi connectivity index (χ0) is 12.5. The Hall–Kier alpha value is -0.0800. The fraction of sp³-hybridized carbons (Fsp3) is 1.00. The maximum Gasteiger partial charge on any atom is 0.0359 e. The summed E-state index contributed by atoms with van der Waals surface area (Å²) in [7, 11) is 0. The number of nitrogens with zero attached hydrogens (tertiary/aromatic N) is 1. The van der Waals surface area contributed by atoms with Crippen LogP contribution >= 0.6 is 0 Å². The van der Waals surface area contributed by atoms with Gasteiger partial charge in [0.2, 0.25) is 0 Å². The van der Waals surface area contributed by atoms with Crippen LogP contribution in [0.25, 0.3) is 0 Å². The van der Waals surface area contributed by atoms with Gasteiger partial charge in [0.1, 0.15) is 0 Å². The quantitative estimate of drug-likeness (QED) is 0.797. The van der Waals surface area contributed by atoms with Crippen molar-refractivity contribution in [1.82, 2.24) is 4.90 Å². The Balaban J connectivity index is 2.15. The van der Waals surface area contributed by atoms with Crippen molar-refractivity contribution >= 4 is 0 Å². The van der Waals surface area contributed by atoms with Crippen molar-refractivity contribution in [2.24, 2.45) is 11.1 Å². The first-order chi connectivity index (χ1) is 8.07. The highest BCUT2D eigenvalue weighted by Crippen LogP contribution is 2.56. The number of rotatable bonds is 5. The molecule has 2 atom stereocenters. The minimum atomic E-state index is 0.243. The van der Waals surface area contributed by atoms with Crippen molar-refractivity contribution in [3.63, 3.8) is 0 Å². The van der Waals surface area contributed by atoms with Crippen LogP contribution in [0.5, 0.6) is 0 Å². The normalized spacial score (nSPS) is 32.1. The molecule has 2 N–H and O–H groups in total. The number of piperidine rings is 1. The van der Waals surface area contributed by atoms with Gasteiger partial charge in [-0.15, -0.1) is 0 Å². The summed E-state index contributed by atoms with van der Waals surface area (Å²) in [5.41, 5.74) is 6.92. The van der Waals surface area contributed by atoms with Crippen LogP contribution in [0, 0.1) is 5.41 Å². The van der Waals surface area contributed by atoms with E-state index in [1.165, 1.54) is 51.5 Å². The van der Waals surface area contributed by atoms with Crippen molar-refractivity contribution in [3.8, 4) is 0 Å².